The maximum Gasteiger partial charge on any atom is 0.262 e. The van der Waals surface area contributed by atoms with Crippen LogP contribution >= 0.6 is 22.7 Å². The number of carbonyl (C=O) groups is 1. The van der Waals surface area contributed by atoms with Crippen LogP contribution in [0.1, 0.15) is 36.9 Å². The predicted molar refractivity (Wildman–Crippen MR) is 123 cm³/mol. The first-order valence-corrected chi connectivity index (χ1v) is 11.5. The molecule has 0 N–H and O–H groups in total. The summed E-state index contributed by atoms with van der Waals surface area (Å²) in [4.78, 5) is 37.7. The van der Waals surface area contributed by atoms with Gasteiger partial charge in [0, 0.05) is 17.2 Å². The van der Waals surface area contributed by atoms with Gasteiger partial charge in [-0.2, -0.15) is 0 Å². The molecule has 6 nitrogen and oxygen atoms in total. The van der Waals surface area contributed by atoms with Gasteiger partial charge in [0.15, 0.2) is 5.13 Å². The van der Waals surface area contributed by atoms with Gasteiger partial charge in [-0.25, -0.2) is 9.97 Å². The molecular weight excluding hydrogens is 416 g/mol. The van der Waals surface area contributed by atoms with E-state index in [4.69, 9.17) is 0 Å². The average molecular weight is 439 g/mol. The largest absolute Gasteiger partial charge is 0.293 e. The first kappa shape index (κ1) is 20.4. The lowest BCUT2D eigenvalue weighted by molar-refractivity contribution is -0.115. The Morgan fingerprint density at radius 2 is 1.93 bits per heavy atom. The Kier molecular flexibility index (Phi) is 5.78. The summed E-state index contributed by atoms with van der Waals surface area (Å²) >= 11 is 2.94. The normalized spacial score (nSPS) is 11.2. The number of nitrogens with zero attached hydrogens (tertiary/aromatic N) is 4. The third-order valence-electron chi connectivity index (χ3n) is 4.90. The van der Waals surface area contributed by atoms with Gasteiger partial charge in [-0.1, -0.05) is 26.0 Å². The smallest absolute Gasteiger partial charge is 0.262 e. The zero-order valence-electron chi connectivity index (χ0n) is 17.1. The minimum Gasteiger partial charge on any atom is -0.293 e. The summed E-state index contributed by atoms with van der Waals surface area (Å²) in [6.45, 7) is 6.00. The molecule has 4 rings (SSSR count). The maximum atomic E-state index is 12.8. The van der Waals surface area contributed by atoms with Gasteiger partial charge in [0.2, 0.25) is 5.91 Å². The first-order chi connectivity index (χ1) is 14.5. The quantitative estimate of drug-likeness (QED) is 0.435. The molecule has 3 aromatic heterocycles. The molecule has 4 aromatic rings. The lowest BCUT2D eigenvalue weighted by Gasteiger charge is -2.18. The number of thiazole rings is 1. The van der Waals surface area contributed by atoms with E-state index < -0.39 is 0 Å². The number of benzene rings is 1. The number of hydrogen-bond acceptors (Lipinski definition) is 6. The molecule has 8 heteroatoms. The summed E-state index contributed by atoms with van der Waals surface area (Å²) < 4.78 is 1.57. The molecular formula is C22H22N4O2S2. The molecule has 1 amide bonds. The van der Waals surface area contributed by atoms with Crippen molar-refractivity contribution in [3.05, 3.63) is 68.5 Å². The number of anilines is 2. The maximum absolute atomic E-state index is 12.8. The third kappa shape index (κ3) is 3.93. The van der Waals surface area contributed by atoms with Crippen molar-refractivity contribution in [3.63, 3.8) is 0 Å². The number of amides is 1. The molecule has 30 heavy (non-hydrogen) atoms. The van der Waals surface area contributed by atoms with Crippen molar-refractivity contribution >= 4 is 49.6 Å². The van der Waals surface area contributed by atoms with Crippen LogP contribution in [0.25, 0.3) is 10.2 Å². The fourth-order valence-electron chi connectivity index (χ4n) is 3.25. The molecule has 0 aliphatic rings. The Hall–Kier alpha value is -2.84. The molecule has 3 heterocycles. The molecule has 0 radical (unpaired) electrons. The molecule has 0 unspecified atom stereocenters. The van der Waals surface area contributed by atoms with Crippen LogP contribution in [0.15, 0.2) is 46.8 Å². The Morgan fingerprint density at radius 3 is 2.60 bits per heavy atom. The third-order valence-corrected chi connectivity index (χ3v) is 6.96. The highest BCUT2D eigenvalue weighted by Crippen LogP contribution is 2.29. The van der Waals surface area contributed by atoms with Gasteiger partial charge in [0.05, 0.1) is 29.6 Å². The number of carbonyl (C=O) groups excluding carboxylic acids is 1. The number of aryl methyl sites for hydroxylation is 2. The van der Waals surface area contributed by atoms with E-state index in [1.54, 1.807) is 27.1 Å². The van der Waals surface area contributed by atoms with Gasteiger partial charge in [0.25, 0.3) is 5.56 Å². The molecule has 1 aromatic carbocycles. The summed E-state index contributed by atoms with van der Waals surface area (Å²) in [5.74, 6) is -0.106. The van der Waals surface area contributed by atoms with E-state index >= 15 is 0 Å². The highest BCUT2D eigenvalue weighted by atomic mass is 32.1. The monoisotopic (exact) mass is 438 g/mol. The van der Waals surface area contributed by atoms with E-state index in [1.165, 1.54) is 23.8 Å². The minimum absolute atomic E-state index is 0.0657. The molecule has 0 spiro atoms. The van der Waals surface area contributed by atoms with Crippen LogP contribution in [-0.4, -0.2) is 20.4 Å². The van der Waals surface area contributed by atoms with Gasteiger partial charge in [0.1, 0.15) is 4.83 Å². The van der Waals surface area contributed by atoms with Crippen LogP contribution in [0, 0.1) is 0 Å². The molecule has 0 saturated heterocycles. The summed E-state index contributed by atoms with van der Waals surface area (Å²) in [7, 11) is 0. The van der Waals surface area contributed by atoms with Crippen LogP contribution in [0.2, 0.25) is 0 Å². The standard InChI is InChI=1S/C22H22N4O2S2/c1-4-15-6-8-17(9-7-15)26(14(3)27)22-24-16(12-29-22)11-25-13-23-20-19(21(25)28)10-18(5-2)30-20/h6-10,12-13H,4-5,11H2,1-3H3. The van der Waals surface area contributed by atoms with Crippen molar-refractivity contribution in [2.75, 3.05) is 4.90 Å². The van der Waals surface area contributed by atoms with E-state index in [0.717, 1.165) is 33.9 Å². The van der Waals surface area contributed by atoms with Crippen molar-refractivity contribution in [2.45, 2.75) is 40.2 Å². The number of aromatic nitrogens is 3. The SMILES string of the molecule is CCc1ccc(N(C(C)=O)c2nc(Cn3cnc4sc(CC)cc4c3=O)cs2)cc1. The first-order valence-electron chi connectivity index (χ1n) is 9.82. The fourth-order valence-corrected chi connectivity index (χ4v) is 5.05. The Labute approximate surface area is 182 Å². The molecule has 0 aliphatic heterocycles. The van der Waals surface area contributed by atoms with E-state index in [-0.39, 0.29) is 11.5 Å². The molecule has 0 aliphatic carbocycles. The van der Waals surface area contributed by atoms with E-state index in [0.29, 0.717) is 17.1 Å². The molecule has 0 bridgehead atoms. The van der Waals surface area contributed by atoms with Gasteiger partial charge in [-0.05, 0) is 36.6 Å². The van der Waals surface area contributed by atoms with E-state index in [1.807, 2.05) is 35.7 Å². The second-order valence-electron chi connectivity index (χ2n) is 6.96. The van der Waals surface area contributed by atoms with Crippen molar-refractivity contribution in [2.24, 2.45) is 0 Å². The number of fused-ring (bicyclic) bond motifs is 1. The lowest BCUT2D eigenvalue weighted by Crippen LogP contribution is -2.23. The summed E-state index contributed by atoms with van der Waals surface area (Å²) in [6.07, 6.45) is 3.40. The number of thiophene rings is 1. The van der Waals surface area contributed by atoms with E-state index in [9.17, 15) is 9.59 Å². The second kappa shape index (κ2) is 8.49. The zero-order chi connectivity index (χ0) is 21.3. The molecule has 0 atom stereocenters. The second-order valence-corrected chi connectivity index (χ2v) is 8.91. The Balaban J connectivity index is 1.62. The molecule has 154 valence electrons. The van der Waals surface area contributed by atoms with Crippen LogP contribution in [0.4, 0.5) is 10.8 Å². The average Bonchev–Trinajstić information content (AvgIpc) is 3.38. The Morgan fingerprint density at radius 1 is 1.17 bits per heavy atom. The van der Waals surface area contributed by atoms with Crippen molar-refractivity contribution in [1.29, 1.82) is 0 Å². The van der Waals surface area contributed by atoms with Crippen molar-refractivity contribution in [1.82, 2.24) is 14.5 Å². The highest BCUT2D eigenvalue weighted by molar-refractivity contribution is 7.18. The van der Waals surface area contributed by atoms with E-state index in [2.05, 4.69) is 23.8 Å². The van der Waals surface area contributed by atoms with Crippen molar-refractivity contribution < 1.29 is 4.79 Å². The predicted octanol–water partition coefficient (Wildman–Crippen LogP) is 4.77. The summed E-state index contributed by atoms with van der Waals surface area (Å²) in [6, 6.07) is 9.84. The van der Waals surface area contributed by atoms with Crippen molar-refractivity contribution in [3.8, 4) is 0 Å². The fraction of sp³-hybridized carbons (Fsp3) is 0.273. The lowest BCUT2D eigenvalue weighted by atomic mass is 10.1. The van der Waals surface area contributed by atoms with Crippen LogP contribution in [0.5, 0.6) is 0 Å². The topological polar surface area (TPSA) is 68.1 Å². The Bertz CT molecular complexity index is 1250. The van der Waals surface area contributed by atoms with Gasteiger partial charge in [-0.3, -0.25) is 19.1 Å². The number of rotatable bonds is 6. The van der Waals surface area contributed by atoms with Crippen LogP contribution in [0.3, 0.4) is 0 Å². The van der Waals surface area contributed by atoms with Crippen LogP contribution < -0.4 is 10.5 Å². The van der Waals surface area contributed by atoms with Gasteiger partial charge in [-0.15, -0.1) is 22.7 Å². The minimum atomic E-state index is -0.106. The summed E-state index contributed by atoms with van der Waals surface area (Å²) in [5.41, 5.74) is 2.65. The molecule has 0 saturated carbocycles. The van der Waals surface area contributed by atoms with Gasteiger partial charge < -0.3 is 0 Å². The number of hydrogen-bond donors (Lipinski definition) is 0. The van der Waals surface area contributed by atoms with Gasteiger partial charge >= 0.3 is 0 Å². The zero-order valence-corrected chi connectivity index (χ0v) is 18.7. The summed E-state index contributed by atoms with van der Waals surface area (Å²) in [5, 5.41) is 3.12. The molecule has 0 fully saturated rings. The van der Waals surface area contributed by atoms with Crippen LogP contribution in [-0.2, 0) is 24.2 Å². The highest BCUT2D eigenvalue weighted by Gasteiger charge is 2.18.